The summed E-state index contributed by atoms with van der Waals surface area (Å²) >= 11 is 0. The van der Waals surface area contributed by atoms with Gasteiger partial charge < -0.3 is 10.0 Å². The Balaban J connectivity index is 2.74. The van der Waals surface area contributed by atoms with E-state index in [4.69, 9.17) is 5.11 Å². The summed E-state index contributed by atoms with van der Waals surface area (Å²) in [5.41, 5.74) is -0.0448. The Morgan fingerprint density at radius 3 is 2.50 bits per heavy atom. The maximum Gasteiger partial charge on any atom is 0.335 e. The van der Waals surface area contributed by atoms with Crippen molar-refractivity contribution in [3.63, 3.8) is 0 Å². The SMILES string of the molecule is CCN(CC)CCNS(=O)(=O)c1cccc(C(=O)O)c1. The standard InChI is InChI=1S/C13H20N2O4S/c1-3-15(4-2)9-8-14-20(18,19)12-7-5-6-11(10-12)13(16)17/h5-7,10,14H,3-4,8-9H2,1-2H3,(H,16,17). The first-order valence-electron chi connectivity index (χ1n) is 6.46. The zero-order chi connectivity index (χ0) is 15.2. The van der Waals surface area contributed by atoms with Gasteiger partial charge in [0.05, 0.1) is 10.5 Å². The van der Waals surface area contributed by atoms with Gasteiger partial charge in [-0.25, -0.2) is 17.9 Å². The molecule has 0 aliphatic carbocycles. The Morgan fingerprint density at radius 2 is 1.95 bits per heavy atom. The molecule has 2 N–H and O–H groups in total. The lowest BCUT2D eigenvalue weighted by Gasteiger charge is -2.18. The number of rotatable bonds is 8. The van der Waals surface area contributed by atoms with Crippen LogP contribution in [-0.4, -0.2) is 50.6 Å². The molecule has 0 bridgehead atoms. The van der Waals surface area contributed by atoms with E-state index in [0.717, 1.165) is 19.2 Å². The number of benzene rings is 1. The highest BCUT2D eigenvalue weighted by atomic mass is 32.2. The summed E-state index contributed by atoms with van der Waals surface area (Å²) in [5.74, 6) is -1.15. The quantitative estimate of drug-likeness (QED) is 0.748. The van der Waals surface area contributed by atoms with E-state index in [1.165, 1.54) is 18.2 Å². The van der Waals surface area contributed by atoms with Gasteiger partial charge in [-0.15, -0.1) is 0 Å². The molecule has 0 saturated carbocycles. The minimum absolute atomic E-state index is 0.0306. The number of carboxylic acid groups (broad SMARTS) is 1. The van der Waals surface area contributed by atoms with Crippen LogP contribution in [0.4, 0.5) is 0 Å². The van der Waals surface area contributed by atoms with Crippen molar-refractivity contribution >= 4 is 16.0 Å². The average molecular weight is 300 g/mol. The summed E-state index contributed by atoms with van der Waals surface area (Å²) in [6.45, 7) is 6.63. The first-order chi connectivity index (χ1) is 9.40. The van der Waals surface area contributed by atoms with Gasteiger partial charge in [-0.05, 0) is 31.3 Å². The molecule has 0 unspecified atom stereocenters. The molecule has 0 atom stereocenters. The topological polar surface area (TPSA) is 86.7 Å². The number of nitrogens with one attached hydrogen (secondary N) is 1. The second kappa shape index (κ2) is 7.37. The highest BCUT2D eigenvalue weighted by molar-refractivity contribution is 7.89. The summed E-state index contributed by atoms with van der Waals surface area (Å²) in [6.07, 6.45) is 0. The molecular formula is C13H20N2O4S. The Hall–Kier alpha value is -1.44. The number of sulfonamides is 1. The van der Waals surface area contributed by atoms with Crippen LogP contribution in [0.3, 0.4) is 0 Å². The molecule has 20 heavy (non-hydrogen) atoms. The molecule has 0 fully saturated rings. The predicted molar refractivity (Wildman–Crippen MR) is 76.4 cm³/mol. The minimum Gasteiger partial charge on any atom is -0.478 e. The van der Waals surface area contributed by atoms with Gasteiger partial charge in [0.2, 0.25) is 10.0 Å². The largest absolute Gasteiger partial charge is 0.478 e. The smallest absolute Gasteiger partial charge is 0.335 e. The van der Waals surface area contributed by atoms with Crippen LogP contribution in [0, 0.1) is 0 Å². The number of nitrogens with zero attached hydrogens (tertiary/aromatic N) is 1. The van der Waals surface area contributed by atoms with Gasteiger partial charge in [0.15, 0.2) is 0 Å². The molecule has 0 spiro atoms. The van der Waals surface area contributed by atoms with E-state index < -0.39 is 16.0 Å². The van der Waals surface area contributed by atoms with Crippen LogP contribution < -0.4 is 4.72 Å². The summed E-state index contributed by atoms with van der Waals surface area (Å²) in [4.78, 5) is 12.9. The zero-order valence-corrected chi connectivity index (χ0v) is 12.5. The highest BCUT2D eigenvalue weighted by Gasteiger charge is 2.15. The molecule has 0 aromatic heterocycles. The third-order valence-corrected chi connectivity index (χ3v) is 4.46. The number of likely N-dealkylation sites (N-methyl/N-ethyl adjacent to an activating group) is 1. The van der Waals surface area contributed by atoms with Gasteiger partial charge in [0.1, 0.15) is 0 Å². The van der Waals surface area contributed by atoms with Crippen molar-refractivity contribution in [3.05, 3.63) is 29.8 Å². The van der Waals surface area contributed by atoms with Crippen molar-refractivity contribution in [1.82, 2.24) is 9.62 Å². The van der Waals surface area contributed by atoms with E-state index in [2.05, 4.69) is 9.62 Å². The monoisotopic (exact) mass is 300 g/mol. The van der Waals surface area contributed by atoms with Gasteiger partial charge in [0.25, 0.3) is 0 Å². The Labute approximate surface area is 119 Å². The molecule has 7 heteroatoms. The normalized spacial score (nSPS) is 11.8. The van der Waals surface area contributed by atoms with Crippen LogP contribution in [0.1, 0.15) is 24.2 Å². The van der Waals surface area contributed by atoms with Gasteiger partial charge in [-0.1, -0.05) is 19.9 Å². The van der Waals surface area contributed by atoms with Gasteiger partial charge in [-0.2, -0.15) is 0 Å². The fourth-order valence-corrected chi connectivity index (χ4v) is 2.82. The van der Waals surface area contributed by atoms with Gasteiger partial charge in [0, 0.05) is 13.1 Å². The number of carbonyl (C=O) groups is 1. The lowest BCUT2D eigenvalue weighted by molar-refractivity contribution is 0.0696. The summed E-state index contributed by atoms with van der Waals surface area (Å²) in [7, 11) is -3.67. The molecule has 0 heterocycles. The lowest BCUT2D eigenvalue weighted by atomic mass is 10.2. The fraction of sp³-hybridized carbons (Fsp3) is 0.462. The van der Waals surface area contributed by atoms with Gasteiger partial charge >= 0.3 is 5.97 Å². The number of hydrogen-bond donors (Lipinski definition) is 2. The van der Waals surface area contributed by atoms with Crippen LogP contribution in [0.5, 0.6) is 0 Å². The van der Waals surface area contributed by atoms with Crippen molar-refractivity contribution in [2.75, 3.05) is 26.2 Å². The molecule has 1 rings (SSSR count). The van der Waals surface area contributed by atoms with Crippen molar-refractivity contribution < 1.29 is 18.3 Å². The molecule has 0 aliphatic heterocycles. The second-order valence-corrected chi connectivity index (χ2v) is 6.02. The van der Waals surface area contributed by atoms with Crippen LogP contribution in [0.2, 0.25) is 0 Å². The minimum atomic E-state index is -3.67. The third kappa shape index (κ3) is 4.59. The first kappa shape index (κ1) is 16.6. The number of hydrogen-bond acceptors (Lipinski definition) is 4. The summed E-state index contributed by atoms with van der Waals surface area (Å²) < 4.78 is 26.6. The predicted octanol–water partition coefficient (Wildman–Crippen LogP) is 1.00. The molecule has 1 aromatic carbocycles. The number of carboxylic acids is 1. The molecule has 0 aliphatic rings. The van der Waals surface area contributed by atoms with Crippen molar-refractivity contribution in [2.24, 2.45) is 0 Å². The summed E-state index contributed by atoms with van der Waals surface area (Å²) in [6, 6.07) is 5.31. The van der Waals surface area contributed by atoms with E-state index >= 15 is 0 Å². The van der Waals surface area contributed by atoms with Crippen molar-refractivity contribution in [1.29, 1.82) is 0 Å². The van der Waals surface area contributed by atoms with Crippen LogP contribution in [0.15, 0.2) is 29.2 Å². The maximum atomic E-state index is 12.0. The molecular weight excluding hydrogens is 280 g/mol. The molecule has 112 valence electrons. The van der Waals surface area contributed by atoms with E-state index in [1.54, 1.807) is 0 Å². The molecule has 1 aromatic rings. The molecule has 0 saturated heterocycles. The Kier molecular flexibility index (Phi) is 6.12. The lowest BCUT2D eigenvalue weighted by Crippen LogP contribution is -2.34. The average Bonchev–Trinajstić information content (AvgIpc) is 2.43. The number of aromatic carboxylic acids is 1. The van der Waals surface area contributed by atoms with Crippen LogP contribution in [0.25, 0.3) is 0 Å². The molecule has 0 radical (unpaired) electrons. The van der Waals surface area contributed by atoms with Crippen molar-refractivity contribution in [3.8, 4) is 0 Å². The van der Waals surface area contributed by atoms with E-state index in [-0.39, 0.29) is 10.5 Å². The highest BCUT2D eigenvalue weighted by Crippen LogP contribution is 2.11. The fourth-order valence-electron chi connectivity index (χ4n) is 1.76. The van der Waals surface area contributed by atoms with E-state index in [0.29, 0.717) is 13.1 Å². The van der Waals surface area contributed by atoms with Crippen LogP contribution in [-0.2, 0) is 10.0 Å². The first-order valence-corrected chi connectivity index (χ1v) is 7.94. The third-order valence-electron chi connectivity index (χ3n) is 3.01. The van der Waals surface area contributed by atoms with E-state index in [9.17, 15) is 13.2 Å². The van der Waals surface area contributed by atoms with Crippen molar-refractivity contribution in [2.45, 2.75) is 18.7 Å². The maximum absolute atomic E-state index is 12.0. The van der Waals surface area contributed by atoms with Gasteiger partial charge in [-0.3, -0.25) is 0 Å². The Morgan fingerprint density at radius 1 is 1.30 bits per heavy atom. The van der Waals surface area contributed by atoms with Crippen LogP contribution >= 0.6 is 0 Å². The van der Waals surface area contributed by atoms with E-state index in [1.807, 2.05) is 13.8 Å². The molecule has 0 amide bonds. The second-order valence-electron chi connectivity index (χ2n) is 4.26. The zero-order valence-electron chi connectivity index (χ0n) is 11.7. The molecule has 6 nitrogen and oxygen atoms in total. The summed E-state index contributed by atoms with van der Waals surface area (Å²) in [5, 5.41) is 8.87. The Bertz CT molecular complexity index is 553.